The first-order chi connectivity index (χ1) is 11.7. The molecule has 25 heavy (non-hydrogen) atoms. The Kier molecular flexibility index (Phi) is 4.79. The molecule has 0 N–H and O–H groups in total. The summed E-state index contributed by atoms with van der Waals surface area (Å²) in [5.74, 6) is -0.331. The highest BCUT2D eigenvalue weighted by Gasteiger charge is 2.52. The van der Waals surface area contributed by atoms with Gasteiger partial charge in [0.15, 0.2) is 0 Å². The average molecular weight is 358 g/mol. The molecule has 0 spiro atoms. The maximum absolute atomic E-state index is 12.0. The Hall–Kier alpha value is -1.63. The minimum atomic E-state index is -0.488. The van der Waals surface area contributed by atoms with Crippen molar-refractivity contribution >= 4 is 29.9 Å². The minimum absolute atomic E-state index is 0.331. The number of hydrogen-bond donors (Lipinski definition) is 0. The summed E-state index contributed by atoms with van der Waals surface area (Å²) in [7, 11) is 0.909. The maximum atomic E-state index is 12.0. The molecule has 1 aromatic carbocycles. The van der Waals surface area contributed by atoms with Crippen molar-refractivity contribution < 1.29 is 18.8 Å². The summed E-state index contributed by atoms with van der Waals surface area (Å²) in [5.41, 5.74) is 1.25. The molecule has 6 heteroatoms. The maximum Gasteiger partial charge on any atom is 0.496 e. The van der Waals surface area contributed by atoms with E-state index in [2.05, 4.69) is 12.1 Å². The van der Waals surface area contributed by atoms with Crippen molar-refractivity contribution in [3.05, 3.63) is 51.7 Å². The predicted molar refractivity (Wildman–Crippen MR) is 101 cm³/mol. The number of methoxy groups -OCH3 is 1. The Bertz CT molecular complexity index is 751. The first kappa shape index (κ1) is 18.2. The second kappa shape index (κ2) is 6.59. The normalized spacial score (nSPS) is 18.4. The molecule has 3 rings (SSSR count). The topological polar surface area (TPSA) is 44.8 Å². The van der Waals surface area contributed by atoms with Gasteiger partial charge in [0.25, 0.3) is 0 Å². The highest BCUT2D eigenvalue weighted by Crippen LogP contribution is 2.37. The molecule has 132 valence electrons. The number of esters is 1. The molecule has 2 aromatic rings. The molecule has 4 nitrogen and oxygen atoms in total. The second-order valence-corrected chi connectivity index (χ2v) is 8.37. The van der Waals surface area contributed by atoms with Crippen LogP contribution in [0.3, 0.4) is 0 Å². The van der Waals surface area contributed by atoms with Crippen LogP contribution in [0.15, 0.2) is 36.4 Å². The van der Waals surface area contributed by atoms with Gasteiger partial charge in [-0.15, -0.1) is 11.3 Å². The molecule has 1 aliphatic rings. The molecule has 0 saturated carbocycles. The van der Waals surface area contributed by atoms with Gasteiger partial charge in [0.2, 0.25) is 0 Å². The van der Waals surface area contributed by atoms with E-state index >= 15 is 0 Å². The average Bonchev–Trinajstić information content (AvgIpc) is 3.06. The Morgan fingerprint density at radius 1 is 1.12 bits per heavy atom. The van der Waals surface area contributed by atoms with Crippen LogP contribution in [0.5, 0.6) is 0 Å². The van der Waals surface area contributed by atoms with Gasteiger partial charge in [-0.05, 0) is 44.8 Å². The number of benzene rings is 1. The van der Waals surface area contributed by atoms with Crippen LogP contribution < -0.4 is 5.46 Å². The summed E-state index contributed by atoms with van der Waals surface area (Å²) < 4.78 is 17.3. The fourth-order valence-corrected chi connectivity index (χ4v) is 3.86. The fraction of sp³-hybridized carbons (Fsp3) is 0.421. The number of rotatable bonds is 4. The zero-order chi connectivity index (χ0) is 18.2. The van der Waals surface area contributed by atoms with E-state index in [9.17, 15) is 4.79 Å². The van der Waals surface area contributed by atoms with Crippen LogP contribution in [0.2, 0.25) is 0 Å². The van der Waals surface area contributed by atoms with E-state index in [1.807, 2.05) is 52.0 Å². The van der Waals surface area contributed by atoms with Crippen molar-refractivity contribution in [3.63, 3.8) is 0 Å². The minimum Gasteiger partial charge on any atom is -0.465 e. The fourth-order valence-electron chi connectivity index (χ4n) is 2.73. The van der Waals surface area contributed by atoms with E-state index in [1.54, 1.807) is 0 Å². The van der Waals surface area contributed by atoms with Crippen LogP contribution in [0.25, 0.3) is 0 Å². The molecule has 1 aromatic heterocycles. The molecule has 1 saturated heterocycles. The van der Waals surface area contributed by atoms with Crippen LogP contribution >= 0.6 is 11.3 Å². The molecule has 2 heterocycles. The van der Waals surface area contributed by atoms with Gasteiger partial charge in [0.1, 0.15) is 4.88 Å². The Morgan fingerprint density at radius 2 is 1.72 bits per heavy atom. The third-order valence-electron chi connectivity index (χ3n) is 4.94. The van der Waals surface area contributed by atoms with E-state index < -0.39 is 18.3 Å². The quantitative estimate of drug-likeness (QED) is 0.621. The lowest BCUT2D eigenvalue weighted by molar-refractivity contribution is 0.00578. The largest absolute Gasteiger partial charge is 0.496 e. The molecule has 0 amide bonds. The first-order valence-corrected chi connectivity index (χ1v) is 9.15. The monoisotopic (exact) mass is 358 g/mol. The molecule has 1 fully saturated rings. The molecule has 1 aliphatic heterocycles. The third-order valence-corrected chi connectivity index (χ3v) is 6.07. The summed E-state index contributed by atoms with van der Waals surface area (Å²) in [6, 6.07) is 12.0. The van der Waals surface area contributed by atoms with Crippen LogP contribution in [0.1, 0.15) is 47.8 Å². The lowest BCUT2D eigenvalue weighted by atomic mass is 9.78. The van der Waals surface area contributed by atoms with E-state index in [0.29, 0.717) is 4.88 Å². The van der Waals surface area contributed by atoms with Crippen LogP contribution in [-0.4, -0.2) is 31.4 Å². The standard InChI is InChI=1S/C19H23BO4S/c1-18(2)19(3,4)24-20(23-18)14-12-16(17(21)22-5)25-15(14)11-13-9-7-6-8-10-13/h6-10,12H,11H2,1-5H3. The molecular weight excluding hydrogens is 335 g/mol. The molecule has 0 radical (unpaired) electrons. The number of ether oxygens (including phenoxy) is 1. The third kappa shape index (κ3) is 3.52. The second-order valence-electron chi connectivity index (χ2n) is 7.23. The van der Waals surface area contributed by atoms with E-state index in [0.717, 1.165) is 16.8 Å². The summed E-state index contributed by atoms with van der Waals surface area (Å²) >= 11 is 1.44. The summed E-state index contributed by atoms with van der Waals surface area (Å²) in [6.45, 7) is 8.10. The molecule has 0 atom stereocenters. The number of carbonyl (C=O) groups is 1. The van der Waals surface area contributed by atoms with Gasteiger partial charge < -0.3 is 14.0 Å². The van der Waals surface area contributed by atoms with Gasteiger partial charge in [-0.3, -0.25) is 0 Å². The summed E-state index contributed by atoms with van der Waals surface area (Å²) in [4.78, 5) is 13.6. The number of thiophene rings is 1. The predicted octanol–water partition coefficient (Wildman–Crippen LogP) is 3.42. The SMILES string of the molecule is COC(=O)c1cc(B2OC(C)(C)C(C)(C)O2)c(Cc2ccccc2)s1. The van der Waals surface area contributed by atoms with E-state index in [4.69, 9.17) is 14.0 Å². The molecule has 0 bridgehead atoms. The molecule has 0 aliphatic carbocycles. The summed E-state index contributed by atoms with van der Waals surface area (Å²) in [5, 5.41) is 0. The van der Waals surface area contributed by atoms with Crippen LogP contribution in [0, 0.1) is 0 Å². The highest BCUT2D eigenvalue weighted by atomic mass is 32.1. The Morgan fingerprint density at radius 3 is 2.28 bits per heavy atom. The van der Waals surface area contributed by atoms with Crippen molar-refractivity contribution in [2.24, 2.45) is 0 Å². The molecular formula is C19H23BO4S. The van der Waals surface area contributed by atoms with Crippen molar-refractivity contribution in [3.8, 4) is 0 Å². The molecule has 0 unspecified atom stereocenters. The van der Waals surface area contributed by atoms with Crippen LogP contribution in [0.4, 0.5) is 0 Å². The van der Waals surface area contributed by atoms with Gasteiger partial charge in [0.05, 0.1) is 18.3 Å². The Balaban J connectivity index is 1.97. The first-order valence-electron chi connectivity index (χ1n) is 8.34. The van der Waals surface area contributed by atoms with Gasteiger partial charge in [-0.25, -0.2) is 4.79 Å². The summed E-state index contributed by atoms with van der Waals surface area (Å²) in [6.07, 6.45) is 0.724. The zero-order valence-corrected chi connectivity index (χ0v) is 16.1. The van der Waals surface area contributed by atoms with Crippen molar-refractivity contribution in [2.45, 2.75) is 45.3 Å². The smallest absolute Gasteiger partial charge is 0.465 e. The lowest BCUT2D eigenvalue weighted by Crippen LogP contribution is -2.41. The van der Waals surface area contributed by atoms with Gasteiger partial charge in [-0.1, -0.05) is 30.3 Å². The lowest BCUT2D eigenvalue weighted by Gasteiger charge is -2.32. The van der Waals surface area contributed by atoms with E-state index in [-0.39, 0.29) is 5.97 Å². The van der Waals surface area contributed by atoms with Crippen molar-refractivity contribution in [1.29, 1.82) is 0 Å². The van der Waals surface area contributed by atoms with Gasteiger partial charge in [0, 0.05) is 11.3 Å². The number of hydrogen-bond acceptors (Lipinski definition) is 5. The van der Waals surface area contributed by atoms with Crippen LogP contribution in [-0.2, 0) is 20.5 Å². The van der Waals surface area contributed by atoms with Gasteiger partial charge in [-0.2, -0.15) is 0 Å². The zero-order valence-electron chi connectivity index (χ0n) is 15.3. The Labute approximate surface area is 153 Å². The highest BCUT2D eigenvalue weighted by molar-refractivity contribution is 7.15. The van der Waals surface area contributed by atoms with Crippen molar-refractivity contribution in [2.75, 3.05) is 7.11 Å². The van der Waals surface area contributed by atoms with E-state index in [1.165, 1.54) is 24.0 Å². The van der Waals surface area contributed by atoms with Crippen molar-refractivity contribution in [1.82, 2.24) is 0 Å². The van der Waals surface area contributed by atoms with Gasteiger partial charge >= 0.3 is 13.1 Å². The number of carbonyl (C=O) groups excluding carboxylic acids is 1.